The van der Waals surface area contributed by atoms with Gasteiger partial charge in [-0.25, -0.2) is 4.79 Å². The van der Waals surface area contributed by atoms with Crippen molar-refractivity contribution in [2.24, 2.45) is 0 Å². The predicted molar refractivity (Wildman–Crippen MR) is 76.6 cm³/mol. The zero-order valence-corrected chi connectivity index (χ0v) is 12.1. The van der Waals surface area contributed by atoms with E-state index in [1.807, 2.05) is 0 Å². The van der Waals surface area contributed by atoms with Crippen LogP contribution in [-0.4, -0.2) is 11.1 Å². The minimum atomic E-state index is -0.998. The van der Waals surface area contributed by atoms with Gasteiger partial charge in [0.15, 0.2) is 0 Å². The third kappa shape index (κ3) is 2.86. The van der Waals surface area contributed by atoms with E-state index in [0.717, 1.165) is 0 Å². The number of aromatic carboxylic acids is 1. The Labute approximate surface area is 122 Å². The molecule has 2 aromatic rings. The summed E-state index contributed by atoms with van der Waals surface area (Å²) in [5, 5.41) is 10.1. The number of hydrogen-bond acceptors (Lipinski definition) is 1. The Morgan fingerprint density at radius 3 is 2.22 bits per heavy atom. The van der Waals surface area contributed by atoms with E-state index < -0.39 is 5.97 Å². The second kappa shape index (κ2) is 5.31. The third-order valence-corrected chi connectivity index (χ3v) is 3.32. The van der Waals surface area contributed by atoms with Gasteiger partial charge < -0.3 is 5.11 Å². The molecule has 0 atom stereocenters. The van der Waals surface area contributed by atoms with E-state index in [1.54, 1.807) is 36.4 Å². The Morgan fingerprint density at radius 1 is 1.06 bits per heavy atom. The van der Waals surface area contributed by atoms with Gasteiger partial charge in [-0.2, -0.15) is 0 Å². The number of rotatable bonds is 2. The fourth-order valence-corrected chi connectivity index (χ4v) is 2.54. The molecule has 92 valence electrons. The monoisotopic (exact) mass is 344 g/mol. The number of halogens is 3. The van der Waals surface area contributed by atoms with Gasteiger partial charge in [-0.05, 0) is 41.5 Å². The maximum absolute atomic E-state index is 11.2. The average molecular weight is 346 g/mol. The molecule has 2 rings (SSSR count). The number of carboxylic acids is 1. The van der Waals surface area contributed by atoms with Gasteiger partial charge in [0.1, 0.15) is 0 Å². The van der Waals surface area contributed by atoms with E-state index in [1.165, 1.54) is 0 Å². The zero-order chi connectivity index (χ0) is 13.3. The largest absolute Gasteiger partial charge is 0.478 e. The minimum Gasteiger partial charge on any atom is -0.478 e. The molecule has 0 radical (unpaired) electrons. The van der Waals surface area contributed by atoms with Gasteiger partial charge in [0.05, 0.1) is 5.56 Å². The van der Waals surface area contributed by atoms with Crippen molar-refractivity contribution in [2.45, 2.75) is 0 Å². The smallest absolute Gasteiger partial charge is 0.336 e. The van der Waals surface area contributed by atoms with E-state index in [2.05, 4.69) is 15.9 Å². The SMILES string of the molecule is O=C(O)c1cc(Br)ccc1-c1cc(Cl)cc(Cl)c1. The summed E-state index contributed by atoms with van der Waals surface area (Å²) < 4.78 is 0.705. The molecular formula is C13H7BrCl2O2. The molecule has 0 aliphatic rings. The normalized spacial score (nSPS) is 10.4. The van der Waals surface area contributed by atoms with Crippen LogP contribution in [0.15, 0.2) is 40.9 Å². The summed E-state index contributed by atoms with van der Waals surface area (Å²) in [5.74, 6) is -0.998. The van der Waals surface area contributed by atoms with Crippen LogP contribution in [0.3, 0.4) is 0 Å². The Morgan fingerprint density at radius 2 is 1.67 bits per heavy atom. The van der Waals surface area contributed by atoms with Gasteiger partial charge in [-0.3, -0.25) is 0 Å². The molecule has 1 N–H and O–H groups in total. The van der Waals surface area contributed by atoms with Crippen LogP contribution in [-0.2, 0) is 0 Å². The molecule has 0 spiro atoms. The van der Waals surface area contributed by atoms with Crippen LogP contribution in [0.25, 0.3) is 11.1 Å². The Kier molecular flexibility index (Phi) is 3.95. The summed E-state index contributed by atoms with van der Waals surface area (Å²) in [6.45, 7) is 0. The fourth-order valence-electron chi connectivity index (χ4n) is 1.65. The molecule has 0 fully saturated rings. The molecule has 0 aliphatic carbocycles. The van der Waals surface area contributed by atoms with Crippen molar-refractivity contribution in [3.63, 3.8) is 0 Å². The van der Waals surface area contributed by atoms with Crippen molar-refractivity contribution in [1.82, 2.24) is 0 Å². The Balaban J connectivity index is 2.66. The van der Waals surface area contributed by atoms with Crippen LogP contribution in [0.2, 0.25) is 10.0 Å². The highest BCUT2D eigenvalue weighted by molar-refractivity contribution is 9.10. The second-order valence-electron chi connectivity index (χ2n) is 3.65. The van der Waals surface area contributed by atoms with Crippen molar-refractivity contribution in [2.75, 3.05) is 0 Å². The first kappa shape index (κ1) is 13.4. The second-order valence-corrected chi connectivity index (χ2v) is 5.44. The maximum atomic E-state index is 11.2. The molecule has 5 heteroatoms. The van der Waals surface area contributed by atoms with Crippen LogP contribution in [0.1, 0.15) is 10.4 Å². The van der Waals surface area contributed by atoms with Crippen molar-refractivity contribution < 1.29 is 9.90 Å². The molecule has 0 aromatic heterocycles. The van der Waals surface area contributed by atoms with Crippen molar-refractivity contribution in [3.05, 3.63) is 56.5 Å². The van der Waals surface area contributed by atoms with Gasteiger partial charge in [0.25, 0.3) is 0 Å². The molecule has 0 saturated heterocycles. The first-order chi connectivity index (χ1) is 8.47. The molecule has 0 amide bonds. The number of hydrogen-bond donors (Lipinski definition) is 1. The number of benzene rings is 2. The van der Waals surface area contributed by atoms with Crippen molar-refractivity contribution in [3.8, 4) is 11.1 Å². The minimum absolute atomic E-state index is 0.197. The van der Waals surface area contributed by atoms with Crippen LogP contribution >= 0.6 is 39.1 Å². The summed E-state index contributed by atoms with van der Waals surface area (Å²) in [6.07, 6.45) is 0. The topological polar surface area (TPSA) is 37.3 Å². The first-order valence-corrected chi connectivity index (χ1v) is 6.51. The van der Waals surface area contributed by atoms with E-state index in [9.17, 15) is 9.90 Å². The highest BCUT2D eigenvalue weighted by Crippen LogP contribution is 2.31. The van der Waals surface area contributed by atoms with Gasteiger partial charge in [0.2, 0.25) is 0 Å². The summed E-state index contributed by atoms with van der Waals surface area (Å²) in [4.78, 5) is 11.2. The molecular weight excluding hydrogens is 339 g/mol. The quantitative estimate of drug-likeness (QED) is 0.820. The maximum Gasteiger partial charge on any atom is 0.336 e. The molecule has 0 saturated carbocycles. The summed E-state index contributed by atoms with van der Waals surface area (Å²) in [6, 6.07) is 10.0. The van der Waals surface area contributed by atoms with Crippen molar-refractivity contribution >= 4 is 45.1 Å². The summed E-state index contributed by atoms with van der Waals surface area (Å²) in [7, 11) is 0. The lowest BCUT2D eigenvalue weighted by Crippen LogP contribution is -1.99. The molecule has 2 nitrogen and oxygen atoms in total. The Hall–Kier alpha value is -1.03. The molecule has 18 heavy (non-hydrogen) atoms. The lowest BCUT2D eigenvalue weighted by molar-refractivity contribution is 0.0697. The molecule has 2 aromatic carbocycles. The predicted octanol–water partition coefficient (Wildman–Crippen LogP) is 5.12. The van der Waals surface area contributed by atoms with E-state index >= 15 is 0 Å². The third-order valence-electron chi connectivity index (χ3n) is 2.39. The van der Waals surface area contributed by atoms with E-state index in [4.69, 9.17) is 23.2 Å². The number of carbonyl (C=O) groups is 1. The van der Waals surface area contributed by atoms with Crippen LogP contribution in [0.4, 0.5) is 0 Å². The standard InChI is InChI=1S/C13H7BrCl2O2/c14-8-1-2-11(12(5-8)13(17)18)7-3-9(15)6-10(16)4-7/h1-6H,(H,17,18). The van der Waals surface area contributed by atoms with Crippen LogP contribution in [0.5, 0.6) is 0 Å². The van der Waals surface area contributed by atoms with Crippen LogP contribution in [0, 0.1) is 0 Å². The highest BCUT2D eigenvalue weighted by Gasteiger charge is 2.13. The molecule has 0 unspecified atom stereocenters. The number of carboxylic acid groups (broad SMARTS) is 1. The van der Waals surface area contributed by atoms with Crippen molar-refractivity contribution in [1.29, 1.82) is 0 Å². The van der Waals surface area contributed by atoms with Gasteiger partial charge >= 0.3 is 5.97 Å². The van der Waals surface area contributed by atoms with Gasteiger partial charge in [-0.15, -0.1) is 0 Å². The lowest BCUT2D eigenvalue weighted by atomic mass is 10.00. The molecule has 0 heterocycles. The zero-order valence-electron chi connectivity index (χ0n) is 8.95. The highest BCUT2D eigenvalue weighted by atomic mass is 79.9. The lowest BCUT2D eigenvalue weighted by Gasteiger charge is -2.08. The fraction of sp³-hybridized carbons (Fsp3) is 0. The first-order valence-electron chi connectivity index (χ1n) is 4.96. The van der Waals surface area contributed by atoms with Crippen LogP contribution < -0.4 is 0 Å². The summed E-state index contributed by atoms with van der Waals surface area (Å²) >= 11 is 15.1. The average Bonchev–Trinajstić information content (AvgIpc) is 2.27. The molecule has 0 aliphatic heterocycles. The summed E-state index contributed by atoms with van der Waals surface area (Å²) in [5.41, 5.74) is 1.45. The molecule has 0 bridgehead atoms. The van der Waals surface area contributed by atoms with E-state index in [-0.39, 0.29) is 5.56 Å². The van der Waals surface area contributed by atoms with Gasteiger partial charge in [-0.1, -0.05) is 45.2 Å². The van der Waals surface area contributed by atoms with Gasteiger partial charge in [0, 0.05) is 14.5 Å². The van der Waals surface area contributed by atoms with E-state index in [0.29, 0.717) is 25.6 Å². The Bertz CT molecular complexity index is 606.